The number of piperidine rings is 2. The molecule has 0 aromatic carbocycles. The third-order valence-electron chi connectivity index (χ3n) is 6.44. The number of carbonyl (C=O) groups is 2. The van der Waals surface area contributed by atoms with Crippen LogP contribution in [0.3, 0.4) is 0 Å². The van der Waals surface area contributed by atoms with Crippen molar-refractivity contribution in [3.05, 3.63) is 11.6 Å². The van der Waals surface area contributed by atoms with Gasteiger partial charge in [0.25, 0.3) is 0 Å². The molecule has 7 heteroatoms. The number of hydrogen-bond donors (Lipinski definition) is 1. The first-order valence-corrected chi connectivity index (χ1v) is 10.0. The van der Waals surface area contributed by atoms with Crippen LogP contribution in [0.5, 0.6) is 0 Å². The van der Waals surface area contributed by atoms with Crippen LogP contribution in [0.15, 0.2) is 0 Å². The normalized spacial score (nSPS) is 27.5. The molecule has 2 aliphatic heterocycles. The molecule has 0 bridgehead atoms. The minimum Gasteiger partial charge on any atom is -0.342 e. The van der Waals surface area contributed by atoms with Crippen LogP contribution in [0, 0.1) is 12.3 Å². The molecule has 0 radical (unpaired) electrons. The number of aromatic nitrogens is 3. The molecule has 3 fully saturated rings. The van der Waals surface area contributed by atoms with Crippen LogP contribution < -0.4 is 0 Å². The van der Waals surface area contributed by atoms with E-state index in [9.17, 15) is 9.59 Å². The van der Waals surface area contributed by atoms with Gasteiger partial charge in [0, 0.05) is 37.5 Å². The maximum Gasteiger partial charge on any atom is 0.230 e. The predicted octanol–water partition coefficient (Wildman–Crippen LogP) is 1.83. The van der Waals surface area contributed by atoms with Crippen molar-refractivity contribution in [3.8, 4) is 0 Å². The largest absolute Gasteiger partial charge is 0.342 e. The molecule has 1 aromatic heterocycles. The number of nitrogens with one attached hydrogen (secondary N) is 1. The third kappa shape index (κ3) is 3.48. The number of nitrogens with zero attached hydrogens (tertiary/aromatic N) is 4. The Morgan fingerprint density at radius 1 is 1.19 bits per heavy atom. The van der Waals surface area contributed by atoms with Crippen LogP contribution in [0.4, 0.5) is 0 Å². The topological polar surface area (TPSA) is 82.2 Å². The second-order valence-electron chi connectivity index (χ2n) is 8.41. The Morgan fingerprint density at radius 3 is 2.73 bits per heavy atom. The monoisotopic (exact) mass is 359 g/mol. The summed E-state index contributed by atoms with van der Waals surface area (Å²) >= 11 is 0. The van der Waals surface area contributed by atoms with Gasteiger partial charge in [-0.25, -0.2) is 0 Å². The summed E-state index contributed by atoms with van der Waals surface area (Å²) in [6.07, 6.45) is 8.75. The van der Waals surface area contributed by atoms with Gasteiger partial charge >= 0.3 is 0 Å². The van der Waals surface area contributed by atoms with Crippen molar-refractivity contribution in [1.29, 1.82) is 0 Å². The molecular weight excluding hydrogens is 330 g/mol. The summed E-state index contributed by atoms with van der Waals surface area (Å²) in [5.41, 5.74) is 0.0851. The minimum atomic E-state index is 0.0851. The van der Waals surface area contributed by atoms with Gasteiger partial charge < -0.3 is 14.8 Å². The Hall–Kier alpha value is -1.92. The number of likely N-dealkylation sites (tertiary alicyclic amines) is 2. The molecule has 1 aliphatic carbocycles. The highest BCUT2D eigenvalue weighted by Crippen LogP contribution is 2.41. The van der Waals surface area contributed by atoms with E-state index in [0.717, 1.165) is 57.6 Å². The molecule has 7 nitrogen and oxygen atoms in total. The van der Waals surface area contributed by atoms with Gasteiger partial charge in [-0.2, -0.15) is 0 Å². The molecule has 1 aromatic rings. The van der Waals surface area contributed by atoms with Crippen molar-refractivity contribution in [2.75, 3.05) is 19.6 Å². The van der Waals surface area contributed by atoms with Crippen LogP contribution in [0.1, 0.15) is 63.0 Å². The summed E-state index contributed by atoms with van der Waals surface area (Å²) in [5.74, 6) is 1.81. The lowest BCUT2D eigenvalue weighted by atomic mass is 9.73. The molecule has 3 aliphatic rings. The molecule has 26 heavy (non-hydrogen) atoms. The number of hydrogen-bond acceptors (Lipinski definition) is 4. The van der Waals surface area contributed by atoms with E-state index < -0.39 is 0 Å². The maximum atomic E-state index is 12.8. The van der Waals surface area contributed by atoms with Gasteiger partial charge in [0.1, 0.15) is 11.6 Å². The van der Waals surface area contributed by atoms with E-state index in [1.807, 2.05) is 11.8 Å². The fraction of sp³-hybridized carbons (Fsp3) is 0.789. The van der Waals surface area contributed by atoms with E-state index in [4.69, 9.17) is 0 Å². The summed E-state index contributed by atoms with van der Waals surface area (Å²) in [7, 11) is 0. The molecule has 2 saturated heterocycles. The van der Waals surface area contributed by atoms with Gasteiger partial charge in [0.2, 0.25) is 11.8 Å². The zero-order valence-corrected chi connectivity index (χ0v) is 15.7. The van der Waals surface area contributed by atoms with Crippen molar-refractivity contribution in [3.63, 3.8) is 0 Å². The molecule has 4 rings (SSSR count). The Kier molecular flexibility index (Phi) is 4.71. The first-order valence-electron chi connectivity index (χ1n) is 10.0. The van der Waals surface area contributed by atoms with Gasteiger partial charge in [-0.1, -0.05) is 12.8 Å². The third-order valence-corrected chi connectivity index (χ3v) is 6.44. The number of carbonyl (C=O) groups excluding carboxylic acids is 2. The van der Waals surface area contributed by atoms with Crippen LogP contribution >= 0.6 is 0 Å². The number of aryl methyl sites for hydroxylation is 1. The van der Waals surface area contributed by atoms with E-state index >= 15 is 0 Å². The lowest BCUT2D eigenvalue weighted by Gasteiger charge is -2.49. The van der Waals surface area contributed by atoms with E-state index in [2.05, 4.69) is 20.1 Å². The van der Waals surface area contributed by atoms with E-state index in [-0.39, 0.29) is 17.7 Å². The highest BCUT2D eigenvalue weighted by atomic mass is 16.2. The molecule has 1 saturated carbocycles. The van der Waals surface area contributed by atoms with Crippen molar-refractivity contribution >= 4 is 11.8 Å². The maximum absolute atomic E-state index is 12.8. The predicted molar refractivity (Wildman–Crippen MR) is 96.3 cm³/mol. The van der Waals surface area contributed by atoms with Crippen molar-refractivity contribution in [2.24, 2.45) is 5.41 Å². The second-order valence-corrected chi connectivity index (χ2v) is 8.41. The summed E-state index contributed by atoms with van der Waals surface area (Å²) < 4.78 is 0. The second kappa shape index (κ2) is 7.00. The fourth-order valence-corrected chi connectivity index (χ4v) is 5.08. The van der Waals surface area contributed by atoms with E-state index in [1.165, 1.54) is 12.8 Å². The fourth-order valence-electron chi connectivity index (χ4n) is 5.08. The molecule has 1 unspecified atom stereocenters. The smallest absolute Gasteiger partial charge is 0.230 e. The van der Waals surface area contributed by atoms with Crippen LogP contribution in [0.25, 0.3) is 0 Å². The number of H-pyrrole nitrogens is 1. The average Bonchev–Trinajstić information content (AvgIpc) is 3.29. The van der Waals surface area contributed by atoms with Gasteiger partial charge in [0.05, 0.1) is 6.42 Å². The van der Waals surface area contributed by atoms with E-state index in [0.29, 0.717) is 24.2 Å². The SMILES string of the molecule is Cc1nnc(CC(=O)N2CCCC3(CCC(=O)N(C4CCCC4)C3)C2)[nH]1. The van der Waals surface area contributed by atoms with Crippen molar-refractivity contribution in [1.82, 2.24) is 25.0 Å². The molecular formula is C19H29N5O2. The van der Waals surface area contributed by atoms with Crippen molar-refractivity contribution < 1.29 is 9.59 Å². The Bertz CT molecular complexity index is 681. The van der Waals surface area contributed by atoms with Gasteiger partial charge in [-0.15, -0.1) is 10.2 Å². The lowest BCUT2D eigenvalue weighted by Crippen LogP contribution is -2.57. The van der Waals surface area contributed by atoms with Gasteiger partial charge in [-0.05, 0) is 39.0 Å². The molecule has 3 heterocycles. The molecule has 1 N–H and O–H groups in total. The Labute approximate surface area is 154 Å². The average molecular weight is 359 g/mol. The number of rotatable bonds is 3. The lowest BCUT2D eigenvalue weighted by molar-refractivity contribution is -0.145. The highest BCUT2D eigenvalue weighted by molar-refractivity contribution is 5.79. The van der Waals surface area contributed by atoms with E-state index in [1.54, 1.807) is 0 Å². The molecule has 1 spiro atoms. The molecule has 1 atom stereocenters. The summed E-state index contributed by atoms with van der Waals surface area (Å²) in [6, 6.07) is 0.433. The van der Waals surface area contributed by atoms with Crippen LogP contribution in [-0.4, -0.2) is 62.5 Å². The quantitative estimate of drug-likeness (QED) is 0.893. The Morgan fingerprint density at radius 2 is 2.00 bits per heavy atom. The standard InChI is InChI=1S/C19H29N5O2/c1-14-20-16(22-21-14)11-18(26)23-10-4-8-19(12-23)9-7-17(25)24(13-19)15-5-2-3-6-15/h15H,2-13H2,1H3,(H,20,21,22). The van der Waals surface area contributed by atoms with Gasteiger partial charge in [-0.3, -0.25) is 9.59 Å². The molecule has 142 valence electrons. The van der Waals surface area contributed by atoms with Crippen LogP contribution in [0.2, 0.25) is 0 Å². The first kappa shape index (κ1) is 17.5. The highest BCUT2D eigenvalue weighted by Gasteiger charge is 2.44. The zero-order valence-electron chi connectivity index (χ0n) is 15.7. The first-order chi connectivity index (χ1) is 12.5. The van der Waals surface area contributed by atoms with Crippen LogP contribution in [-0.2, 0) is 16.0 Å². The Balaban J connectivity index is 1.43. The summed E-state index contributed by atoms with van der Waals surface area (Å²) in [5, 5.41) is 7.96. The molecule has 2 amide bonds. The zero-order chi connectivity index (χ0) is 18.1. The van der Waals surface area contributed by atoms with Crippen molar-refractivity contribution in [2.45, 2.75) is 70.8 Å². The summed E-state index contributed by atoms with van der Waals surface area (Å²) in [6.45, 7) is 4.26. The number of aromatic amines is 1. The van der Waals surface area contributed by atoms with Gasteiger partial charge in [0.15, 0.2) is 0 Å². The number of amides is 2. The summed E-state index contributed by atoms with van der Waals surface area (Å²) in [4.78, 5) is 32.4. The minimum absolute atomic E-state index is 0.0851.